The van der Waals surface area contributed by atoms with Crippen molar-refractivity contribution in [2.24, 2.45) is 5.73 Å². The summed E-state index contributed by atoms with van der Waals surface area (Å²) in [7, 11) is 0. The Morgan fingerprint density at radius 2 is 1.62 bits per heavy atom. The smallest absolute Gasteiger partial charge is 0.255 e. The van der Waals surface area contributed by atoms with Gasteiger partial charge in [-0.3, -0.25) is 9.59 Å². The number of benzene rings is 2. The fourth-order valence-corrected chi connectivity index (χ4v) is 2.01. The standard InChI is InChI=1S/C17H17F2N3O2/c18-12-8-7-11(10-13(12)19)17(24)22-15-5-2-1-4-14(15)21-16(23)6-3-9-20/h1-2,4-5,7-8,10H,3,6,9,20H2,(H,21,23)(H,22,24). The maximum Gasteiger partial charge on any atom is 0.255 e. The molecule has 0 spiro atoms. The average Bonchev–Trinajstić information content (AvgIpc) is 2.57. The third-order valence-corrected chi connectivity index (χ3v) is 3.24. The fraction of sp³-hybridized carbons (Fsp3) is 0.176. The van der Waals surface area contributed by atoms with Crippen LogP contribution in [-0.2, 0) is 4.79 Å². The largest absolute Gasteiger partial charge is 0.330 e. The first-order chi connectivity index (χ1) is 11.5. The number of nitrogens with one attached hydrogen (secondary N) is 2. The quantitative estimate of drug-likeness (QED) is 0.760. The van der Waals surface area contributed by atoms with E-state index in [1.165, 1.54) is 6.07 Å². The molecule has 0 aliphatic carbocycles. The Hall–Kier alpha value is -2.80. The Morgan fingerprint density at radius 1 is 0.958 bits per heavy atom. The van der Waals surface area contributed by atoms with E-state index in [1.54, 1.807) is 24.3 Å². The minimum Gasteiger partial charge on any atom is -0.330 e. The predicted octanol–water partition coefficient (Wildman–Crippen LogP) is 2.89. The van der Waals surface area contributed by atoms with E-state index >= 15 is 0 Å². The highest BCUT2D eigenvalue weighted by molar-refractivity contribution is 6.07. The molecule has 0 heterocycles. The highest BCUT2D eigenvalue weighted by Crippen LogP contribution is 2.22. The van der Waals surface area contributed by atoms with Gasteiger partial charge in [-0.15, -0.1) is 0 Å². The van der Waals surface area contributed by atoms with Gasteiger partial charge in [-0.2, -0.15) is 0 Å². The Bertz CT molecular complexity index is 750. The van der Waals surface area contributed by atoms with Crippen molar-refractivity contribution in [3.8, 4) is 0 Å². The minimum absolute atomic E-state index is 0.0295. The maximum atomic E-state index is 13.2. The van der Waals surface area contributed by atoms with Crippen LogP contribution < -0.4 is 16.4 Å². The van der Waals surface area contributed by atoms with Crippen molar-refractivity contribution in [1.82, 2.24) is 0 Å². The Morgan fingerprint density at radius 3 is 2.25 bits per heavy atom. The van der Waals surface area contributed by atoms with Crippen molar-refractivity contribution in [1.29, 1.82) is 0 Å². The van der Waals surface area contributed by atoms with Gasteiger partial charge in [0.2, 0.25) is 5.91 Å². The lowest BCUT2D eigenvalue weighted by Gasteiger charge is -2.12. The van der Waals surface area contributed by atoms with Gasteiger partial charge in [-0.25, -0.2) is 8.78 Å². The molecule has 2 amide bonds. The van der Waals surface area contributed by atoms with Gasteiger partial charge in [0.1, 0.15) is 0 Å². The zero-order valence-corrected chi connectivity index (χ0v) is 12.8. The predicted molar refractivity (Wildman–Crippen MR) is 87.7 cm³/mol. The van der Waals surface area contributed by atoms with Crippen LogP contribution in [0.5, 0.6) is 0 Å². The number of para-hydroxylation sites is 2. The topological polar surface area (TPSA) is 84.2 Å². The van der Waals surface area contributed by atoms with Crippen LogP contribution in [0.3, 0.4) is 0 Å². The van der Waals surface area contributed by atoms with E-state index in [0.717, 1.165) is 12.1 Å². The monoisotopic (exact) mass is 333 g/mol. The molecular formula is C17H17F2N3O2. The molecule has 2 rings (SSSR count). The number of halogens is 2. The molecule has 2 aromatic carbocycles. The van der Waals surface area contributed by atoms with Crippen LogP contribution in [0.1, 0.15) is 23.2 Å². The summed E-state index contributed by atoms with van der Waals surface area (Å²) in [6.45, 7) is 0.405. The number of rotatable bonds is 6. The first-order valence-corrected chi connectivity index (χ1v) is 7.36. The van der Waals surface area contributed by atoms with Gasteiger partial charge in [0.25, 0.3) is 5.91 Å². The zero-order chi connectivity index (χ0) is 17.5. The molecule has 0 aromatic heterocycles. The van der Waals surface area contributed by atoms with Gasteiger partial charge in [0.05, 0.1) is 11.4 Å². The van der Waals surface area contributed by atoms with Gasteiger partial charge in [-0.1, -0.05) is 12.1 Å². The van der Waals surface area contributed by atoms with Crippen LogP contribution in [0.4, 0.5) is 20.2 Å². The summed E-state index contributed by atoms with van der Waals surface area (Å²) in [4.78, 5) is 23.9. The molecule has 7 heteroatoms. The Labute approximate surface area is 137 Å². The summed E-state index contributed by atoms with van der Waals surface area (Å²) < 4.78 is 26.2. The van der Waals surface area contributed by atoms with Crippen molar-refractivity contribution in [2.45, 2.75) is 12.8 Å². The molecule has 0 fully saturated rings. The van der Waals surface area contributed by atoms with Crippen molar-refractivity contribution in [3.63, 3.8) is 0 Å². The van der Waals surface area contributed by atoms with E-state index in [9.17, 15) is 18.4 Å². The second-order valence-corrected chi connectivity index (χ2v) is 5.07. The van der Waals surface area contributed by atoms with Gasteiger partial charge >= 0.3 is 0 Å². The first-order valence-electron chi connectivity index (χ1n) is 7.36. The second kappa shape index (κ2) is 8.16. The van der Waals surface area contributed by atoms with E-state index < -0.39 is 17.5 Å². The maximum absolute atomic E-state index is 13.2. The lowest BCUT2D eigenvalue weighted by Crippen LogP contribution is -2.17. The van der Waals surface area contributed by atoms with E-state index in [0.29, 0.717) is 24.3 Å². The lowest BCUT2D eigenvalue weighted by molar-refractivity contribution is -0.116. The van der Waals surface area contributed by atoms with Crippen LogP contribution >= 0.6 is 0 Å². The van der Waals surface area contributed by atoms with Crippen LogP contribution in [0, 0.1) is 11.6 Å². The molecule has 0 bridgehead atoms. The molecule has 0 saturated carbocycles. The van der Waals surface area contributed by atoms with Crippen LogP contribution in [-0.4, -0.2) is 18.4 Å². The van der Waals surface area contributed by atoms with Crippen LogP contribution in [0.2, 0.25) is 0 Å². The summed E-state index contributed by atoms with van der Waals surface area (Å²) in [5, 5.41) is 5.25. The molecule has 0 aliphatic rings. The summed E-state index contributed by atoms with van der Waals surface area (Å²) in [5.41, 5.74) is 6.10. The summed E-state index contributed by atoms with van der Waals surface area (Å²) in [6.07, 6.45) is 0.817. The van der Waals surface area contributed by atoms with Crippen LogP contribution in [0.15, 0.2) is 42.5 Å². The van der Waals surface area contributed by atoms with Crippen molar-refractivity contribution < 1.29 is 18.4 Å². The summed E-state index contributed by atoms with van der Waals surface area (Å²) in [5.74, 6) is -2.97. The number of anilines is 2. The SMILES string of the molecule is NCCCC(=O)Nc1ccccc1NC(=O)c1ccc(F)c(F)c1. The molecule has 0 unspecified atom stereocenters. The van der Waals surface area contributed by atoms with Crippen molar-refractivity contribution in [3.05, 3.63) is 59.7 Å². The lowest BCUT2D eigenvalue weighted by atomic mass is 10.2. The number of carbonyl (C=O) groups is 2. The number of hydrogen-bond donors (Lipinski definition) is 3. The number of carbonyl (C=O) groups excluding carboxylic acids is 2. The molecule has 4 N–H and O–H groups in total. The number of amides is 2. The average molecular weight is 333 g/mol. The fourth-order valence-electron chi connectivity index (χ4n) is 2.01. The van der Waals surface area contributed by atoms with E-state index in [-0.39, 0.29) is 17.9 Å². The minimum atomic E-state index is -1.11. The highest BCUT2D eigenvalue weighted by Gasteiger charge is 2.13. The number of hydrogen-bond acceptors (Lipinski definition) is 3. The molecular weight excluding hydrogens is 316 g/mol. The first kappa shape index (κ1) is 17.6. The normalized spacial score (nSPS) is 10.3. The molecule has 0 saturated heterocycles. The van der Waals surface area contributed by atoms with E-state index in [4.69, 9.17) is 5.73 Å². The summed E-state index contributed by atoms with van der Waals surface area (Å²) >= 11 is 0. The number of nitrogens with two attached hydrogens (primary N) is 1. The molecule has 2 aromatic rings. The third-order valence-electron chi connectivity index (χ3n) is 3.24. The van der Waals surface area contributed by atoms with Gasteiger partial charge in [-0.05, 0) is 43.3 Å². The molecule has 0 atom stereocenters. The van der Waals surface area contributed by atoms with Crippen molar-refractivity contribution >= 4 is 23.2 Å². The Kier molecular flexibility index (Phi) is 5.97. The third kappa shape index (κ3) is 4.60. The van der Waals surface area contributed by atoms with Gasteiger partial charge in [0, 0.05) is 12.0 Å². The zero-order valence-electron chi connectivity index (χ0n) is 12.8. The molecule has 126 valence electrons. The second-order valence-electron chi connectivity index (χ2n) is 5.07. The molecule has 0 radical (unpaired) electrons. The van der Waals surface area contributed by atoms with Crippen molar-refractivity contribution in [2.75, 3.05) is 17.2 Å². The van der Waals surface area contributed by atoms with E-state index in [1.807, 2.05) is 0 Å². The van der Waals surface area contributed by atoms with Crippen LogP contribution in [0.25, 0.3) is 0 Å². The van der Waals surface area contributed by atoms with Gasteiger partial charge in [0.15, 0.2) is 11.6 Å². The van der Waals surface area contributed by atoms with E-state index in [2.05, 4.69) is 10.6 Å². The molecule has 24 heavy (non-hydrogen) atoms. The summed E-state index contributed by atoms with van der Waals surface area (Å²) in [6, 6.07) is 9.47. The van der Waals surface area contributed by atoms with Gasteiger partial charge < -0.3 is 16.4 Å². The molecule has 0 aliphatic heterocycles. The molecule has 5 nitrogen and oxygen atoms in total. The highest BCUT2D eigenvalue weighted by atomic mass is 19.2. The Balaban J connectivity index is 2.13.